The summed E-state index contributed by atoms with van der Waals surface area (Å²) in [7, 11) is 0. The molecule has 0 spiro atoms. The molecule has 0 radical (unpaired) electrons. The Kier molecular flexibility index (Phi) is 4.30. The van der Waals surface area contributed by atoms with Crippen molar-refractivity contribution in [2.45, 2.75) is 13.3 Å². The predicted octanol–water partition coefficient (Wildman–Crippen LogP) is 2.25. The van der Waals surface area contributed by atoms with Gasteiger partial charge < -0.3 is 15.6 Å². The highest BCUT2D eigenvalue weighted by molar-refractivity contribution is 7.80. The molecular weight excluding hydrogens is 244 g/mol. The summed E-state index contributed by atoms with van der Waals surface area (Å²) in [6, 6.07) is 8.37. The number of aryl methyl sites for hydroxylation is 1. The first-order valence-electron chi connectivity index (χ1n) is 5.84. The van der Waals surface area contributed by atoms with Crippen molar-refractivity contribution >= 4 is 23.3 Å². The second-order valence-corrected chi connectivity index (χ2v) is 4.40. The van der Waals surface area contributed by atoms with Crippen molar-refractivity contribution in [3.05, 3.63) is 47.8 Å². The SMILES string of the molecule is Cc1ccccc1CCNC(=S)Nc1ncc[nH]1. The van der Waals surface area contributed by atoms with E-state index in [9.17, 15) is 0 Å². The monoisotopic (exact) mass is 260 g/mol. The number of thiocarbonyl (C=S) groups is 1. The number of nitrogens with zero attached hydrogens (tertiary/aromatic N) is 1. The fourth-order valence-electron chi connectivity index (χ4n) is 1.69. The fourth-order valence-corrected chi connectivity index (χ4v) is 1.89. The lowest BCUT2D eigenvalue weighted by Crippen LogP contribution is -2.30. The van der Waals surface area contributed by atoms with Gasteiger partial charge in [-0.25, -0.2) is 4.98 Å². The molecule has 0 saturated carbocycles. The molecule has 1 heterocycles. The smallest absolute Gasteiger partial charge is 0.206 e. The summed E-state index contributed by atoms with van der Waals surface area (Å²) in [5.41, 5.74) is 2.65. The number of anilines is 1. The molecule has 0 bridgehead atoms. The average Bonchev–Trinajstić information content (AvgIpc) is 2.84. The molecule has 0 saturated heterocycles. The number of benzene rings is 1. The molecule has 0 atom stereocenters. The lowest BCUT2D eigenvalue weighted by molar-refractivity contribution is 0.867. The van der Waals surface area contributed by atoms with Crippen molar-refractivity contribution in [1.82, 2.24) is 15.3 Å². The first-order valence-corrected chi connectivity index (χ1v) is 6.25. The summed E-state index contributed by atoms with van der Waals surface area (Å²) in [6.45, 7) is 2.92. The Balaban J connectivity index is 1.75. The zero-order valence-electron chi connectivity index (χ0n) is 10.2. The fraction of sp³-hybridized carbons (Fsp3) is 0.231. The van der Waals surface area contributed by atoms with E-state index >= 15 is 0 Å². The van der Waals surface area contributed by atoms with E-state index in [4.69, 9.17) is 12.2 Å². The lowest BCUT2D eigenvalue weighted by atomic mass is 10.1. The summed E-state index contributed by atoms with van der Waals surface area (Å²) < 4.78 is 0. The van der Waals surface area contributed by atoms with Crippen LogP contribution in [0.5, 0.6) is 0 Å². The van der Waals surface area contributed by atoms with Crippen molar-refractivity contribution in [3.63, 3.8) is 0 Å². The molecule has 3 N–H and O–H groups in total. The highest BCUT2D eigenvalue weighted by atomic mass is 32.1. The second-order valence-electron chi connectivity index (χ2n) is 4.00. The average molecular weight is 260 g/mol. The Morgan fingerprint density at radius 3 is 2.94 bits per heavy atom. The standard InChI is InChI=1S/C13H16N4S/c1-10-4-2-3-5-11(10)6-7-16-13(18)17-12-14-8-9-15-12/h2-5,8-9H,6-7H2,1H3,(H3,14,15,16,17,18). The zero-order valence-corrected chi connectivity index (χ0v) is 11.1. The summed E-state index contributed by atoms with van der Waals surface area (Å²) in [4.78, 5) is 6.98. The summed E-state index contributed by atoms with van der Waals surface area (Å²) >= 11 is 5.17. The Morgan fingerprint density at radius 1 is 1.39 bits per heavy atom. The Bertz CT molecular complexity index is 507. The van der Waals surface area contributed by atoms with Crippen molar-refractivity contribution in [2.24, 2.45) is 0 Å². The molecule has 4 nitrogen and oxygen atoms in total. The van der Waals surface area contributed by atoms with Crippen LogP contribution in [-0.2, 0) is 6.42 Å². The lowest BCUT2D eigenvalue weighted by Gasteiger charge is -2.09. The molecule has 2 aromatic rings. The molecule has 0 aliphatic rings. The van der Waals surface area contributed by atoms with Gasteiger partial charge in [-0.15, -0.1) is 0 Å². The first kappa shape index (κ1) is 12.6. The van der Waals surface area contributed by atoms with Crippen LogP contribution < -0.4 is 10.6 Å². The van der Waals surface area contributed by atoms with Gasteiger partial charge in [-0.05, 0) is 36.7 Å². The molecule has 0 unspecified atom stereocenters. The van der Waals surface area contributed by atoms with Crippen LogP contribution in [0.15, 0.2) is 36.7 Å². The van der Waals surface area contributed by atoms with Gasteiger partial charge in [-0.3, -0.25) is 0 Å². The van der Waals surface area contributed by atoms with E-state index in [2.05, 4.69) is 51.8 Å². The number of imidazole rings is 1. The number of hydrogen-bond donors (Lipinski definition) is 3. The minimum absolute atomic E-state index is 0.582. The Morgan fingerprint density at radius 2 is 2.22 bits per heavy atom. The van der Waals surface area contributed by atoms with Crippen LogP contribution >= 0.6 is 12.2 Å². The van der Waals surface area contributed by atoms with E-state index < -0.39 is 0 Å². The molecule has 0 fully saturated rings. The van der Waals surface area contributed by atoms with Gasteiger partial charge in [0.05, 0.1) is 0 Å². The van der Waals surface area contributed by atoms with Crippen LogP contribution in [0.3, 0.4) is 0 Å². The van der Waals surface area contributed by atoms with Crippen LogP contribution in [0.2, 0.25) is 0 Å². The molecule has 5 heteroatoms. The van der Waals surface area contributed by atoms with Crippen LogP contribution in [0, 0.1) is 6.92 Å². The first-order chi connectivity index (χ1) is 8.75. The quantitative estimate of drug-likeness (QED) is 0.738. The molecule has 0 aliphatic carbocycles. The number of hydrogen-bond acceptors (Lipinski definition) is 2. The van der Waals surface area contributed by atoms with Crippen LogP contribution in [0.4, 0.5) is 5.95 Å². The van der Waals surface area contributed by atoms with Gasteiger partial charge >= 0.3 is 0 Å². The Labute approximate surface area is 112 Å². The predicted molar refractivity (Wildman–Crippen MR) is 77.7 cm³/mol. The van der Waals surface area contributed by atoms with Crippen LogP contribution in [-0.4, -0.2) is 21.6 Å². The highest BCUT2D eigenvalue weighted by Crippen LogP contribution is 2.06. The number of nitrogens with one attached hydrogen (secondary N) is 3. The second kappa shape index (κ2) is 6.16. The van der Waals surface area contributed by atoms with E-state index in [1.54, 1.807) is 12.4 Å². The van der Waals surface area contributed by atoms with E-state index in [0.29, 0.717) is 11.1 Å². The molecule has 1 aromatic carbocycles. The van der Waals surface area contributed by atoms with E-state index in [1.165, 1.54) is 11.1 Å². The summed E-state index contributed by atoms with van der Waals surface area (Å²) in [6.07, 6.45) is 4.38. The molecule has 94 valence electrons. The van der Waals surface area contributed by atoms with Gasteiger partial charge in [0.15, 0.2) is 5.11 Å². The van der Waals surface area contributed by atoms with Crippen molar-refractivity contribution in [1.29, 1.82) is 0 Å². The molecule has 2 rings (SSSR count). The van der Waals surface area contributed by atoms with Crippen molar-refractivity contribution < 1.29 is 0 Å². The van der Waals surface area contributed by atoms with Gasteiger partial charge in [0.1, 0.15) is 0 Å². The minimum Gasteiger partial charge on any atom is -0.362 e. The largest absolute Gasteiger partial charge is 0.362 e. The third kappa shape index (κ3) is 3.56. The maximum Gasteiger partial charge on any atom is 0.206 e. The van der Waals surface area contributed by atoms with Crippen molar-refractivity contribution in [3.8, 4) is 0 Å². The van der Waals surface area contributed by atoms with Gasteiger partial charge in [0, 0.05) is 18.9 Å². The molecule has 0 aliphatic heterocycles. The van der Waals surface area contributed by atoms with Gasteiger partial charge in [-0.1, -0.05) is 24.3 Å². The van der Waals surface area contributed by atoms with E-state index in [0.717, 1.165) is 13.0 Å². The van der Waals surface area contributed by atoms with E-state index in [-0.39, 0.29) is 0 Å². The van der Waals surface area contributed by atoms with Crippen molar-refractivity contribution in [2.75, 3.05) is 11.9 Å². The minimum atomic E-state index is 0.582. The topological polar surface area (TPSA) is 52.7 Å². The number of H-pyrrole nitrogens is 1. The van der Waals surface area contributed by atoms with Gasteiger partial charge in [0.2, 0.25) is 5.95 Å². The molecule has 1 aromatic heterocycles. The number of aromatic amines is 1. The molecule has 0 amide bonds. The van der Waals surface area contributed by atoms with Crippen LogP contribution in [0.1, 0.15) is 11.1 Å². The molecule has 18 heavy (non-hydrogen) atoms. The van der Waals surface area contributed by atoms with Gasteiger partial charge in [-0.2, -0.15) is 0 Å². The normalized spacial score (nSPS) is 10.1. The number of rotatable bonds is 4. The maximum absolute atomic E-state index is 5.17. The third-order valence-electron chi connectivity index (χ3n) is 2.67. The zero-order chi connectivity index (χ0) is 12.8. The third-order valence-corrected chi connectivity index (χ3v) is 2.92. The highest BCUT2D eigenvalue weighted by Gasteiger charge is 2.00. The Hall–Kier alpha value is -1.88. The summed E-state index contributed by atoms with van der Waals surface area (Å²) in [5, 5.41) is 6.72. The van der Waals surface area contributed by atoms with Gasteiger partial charge in [0.25, 0.3) is 0 Å². The summed E-state index contributed by atoms with van der Waals surface area (Å²) in [5.74, 6) is 0.656. The molecular formula is C13H16N4S. The number of aromatic nitrogens is 2. The maximum atomic E-state index is 5.17. The van der Waals surface area contributed by atoms with Crippen LogP contribution in [0.25, 0.3) is 0 Å². The van der Waals surface area contributed by atoms with E-state index in [1.807, 2.05) is 0 Å².